The van der Waals surface area contributed by atoms with Crippen molar-refractivity contribution in [1.29, 1.82) is 0 Å². The second-order valence-electron chi connectivity index (χ2n) is 9.78. The quantitative estimate of drug-likeness (QED) is 0.369. The van der Waals surface area contributed by atoms with Gasteiger partial charge in [0.2, 0.25) is 11.9 Å². The summed E-state index contributed by atoms with van der Waals surface area (Å²) in [5.74, 6) is -2.46. The topological polar surface area (TPSA) is 100 Å². The maximum atomic E-state index is 13.1. The van der Waals surface area contributed by atoms with Gasteiger partial charge in [-0.15, -0.1) is 0 Å². The van der Waals surface area contributed by atoms with Crippen LogP contribution < -0.4 is 10.6 Å². The van der Waals surface area contributed by atoms with Gasteiger partial charge >= 0.3 is 0 Å². The van der Waals surface area contributed by atoms with E-state index in [9.17, 15) is 13.6 Å². The highest BCUT2D eigenvalue weighted by molar-refractivity contribution is 6.02. The van der Waals surface area contributed by atoms with Gasteiger partial charge < -0.3 is 15.6 Å². The van der Waals surface area contributed by atoms with Crippen molar-refractivity contribution < 1.29 is 13.6 Å². The number of nitrogens with one attached hydrogen (secondary N) is 3. The molecule has 35 heavy (non-hydrogen) atoms. The molecule has 4 heterocycles. The van der Waals surface area contributed by atoms with E-state index in [4.69, 9.17) is 0 Å². The molecule has 4 aromatic rings. The molecule has 0 bridgehead atoms. The van der Waals surface area contributed by atoms with E-state index in [1.54, 1.807) is 10.7 Å². The Kier molecular flexibility index (Phi) is 5.38. The molecule has 0 spiro atoms. The van der Waals surface area contributed by atoms with E-state index < -0.39 is 5.92 Å². The second kappa shape index (κ2) is 8.58. The van der Waals surface area contributed by atoms with Crippen LogP contribution in [0.15, 0.2) is 36.9 Å². The molecule has 0 saturated heterocycles. The van der Waals surface area contributed by atoms with Crippen molar-refractivity contribution >= 4 is 28.4 Å². The number of hydrogen-bond acceptors (Lipinski definition) is 5. The summed E-state index contributed by atoms with van der Waals surface area (Å²) >= 11 is 0. The van der Waals surface area contributed by atoms with E-state index in [2.05, 4.69) is 30.7 Å². The minimum Gasteiger partial charge on any atom is -0.352 e. The van der Waals surface area contributed by atoms with Crippen molar-refractivity contribution in [1.82, 2.24) is 29.9 Å². The molecule has 2 aliphatic rings. The molecule has 8 nitrogen and oxygen atoms in total. The summed E-state index contributed by atoms with van der Waals surface area (Å²) in [7, 11) is 0. The summed E-state index contributed by atoms with van der Waals surface area (Å²) in [4.78, 5) is 25.2. The molecule has 1 amide bonds. The highest BCUT2D eigenvalue weighted by Crippen LogP contribution is 2.41. The van der Waals surface area contributed by atoms with Gasteiger partial charge in [0.25, 0.3) is 5.91 Å². The molecule has 0 atom stereocenters. The summed E-state index contributed by atoms with van der Waals surface area (Å²) in [6.07, 6.45) is 12.7. The van der Waals surface area contributed by atoms with Gasteiger partial charge in [0.1, 0.15) is 5.65 Å². The van der Waals surface area contributed by atoms with Crippen LogP contribution in [0.2, 0.25) is 0 Å². The zero-order chi connectivity index (χ0) is 24.0. The van der Waals surface area contributed by atoms with Crippen molar-refractivity contribution in [3.05, 3.63) is 42.5 Å². The molecule has 10 heteroatoms. The molecule has 2 aliphatic carbocycles. The predicted molar refractivity (Wildman–Crippen MR) is 129 cm³/mol. The van der Waals surface area contributed by atoms with Crippen LogP contribution in [0, 0.1) is 5.92 Å². The third kappa shape index (κ3) is 4.33. The third-order valence-electron chi connectivity index (χ3n) is 7.17. The molecule has 0 aliphatic heterocycles. The van der Waals surface area contributed by atoms with Gasteiger partial charge in [0.05, 0.1) is 17.3 Å². The molecule has 6 rings (SSSR count). The van der Waals surface area contributed by atoms with E-state index in [1.807, 2.05) is 24.5 Å². The summed E-state index contributed by atoms with van der Waals surface area (Å²) in [6.45, 7) is 0.239. The van der Waals surface area contributed by atoms with Crippen LogP contribution in [0.25, 0.3) is 27.7 Å². The maximum absolute atomic E-state index is 13.1. The smallest absolute Gasteiger partial charge is 0.255 e. The predicted octanol–water partition coefficient (Wildman–Crippen LogP) is 4.79. The average molecular weight is 480 g/mol. The minimum absolute atomic E-state index is 0.174. The summed E-state index contributed by atoms with van der Waals surface area (Å²) in [6, 6.07) is 4.25. The lowest BCUT2D eigenvalue weighted by Gasteiger charge is -2.34. The zero-order valence-corrected chi connectivity index (χ0v) is 19.2. The van der Waals surface area contributed by atoms with E-state index in [0.717, 1.165) is 35.0 Å². The molecule has 2 fully saturated rings. The van der Waals surface area contributed by atoms with Crippen molar-refractivity contribution in [2.24, 2.45) is 5.92 Å². The number of aromatic nitrogens is 5. The highest BCUT2D eigenvalue weighted by Gasteiger charge is 2.45. The maximum Gasteiger partial charge on any atom is 0.255 e. The Hall–Kier alpha value is -3.56. The average Bonchev–Trinajstić information content (AvgIpc) is 3.45. The largest absolute Gasteiger partial charge is 0.352 e. The van der Waals surface area contributed by atoms with Gasteiger partial charge in [-0.05, 0) is 36.5 Å². The zero-order valence-electron chi connectivity index (χ0n) is 19.2. The SMILES string of the molecule is O=C(NCC1CC(F)(F)C1)c1cnn2ccc(-c3c[nH]c4nc(NC5CCCCC5)ncc34)cc12. The lowest BCUT2D eigenvalue weighted by Crippen LogP contribution is -2.42. The molecular weight excluding hydrogens is 452 g/mol. The first-order chi connectivity index (χ1) is 16.9. The van der Waals surface area contributed by atoms with Crippen LogP contribution in [0.3, 0.4) is 0 Å². The van der Waals surface area contributed by atoms with Crippen molar-refractivity contribution in [2.45, 2.75) is 56.9 Å². The first-order valence-corrected chi connectivity index (χ1v) is 12.2. The Morgan fingerprint density at radius 2 is 2.03 bits per heavy atom. The number of carbonyl (C=O) groups excluding carboxylic acids is 1. The Labute approximate surface area is 200 Å². The first-order valence-electron chi connectivity index (χ1n) is 12.2. The van der Waals surface area contributed by atoms with Crippen molar-refractivity contribution in [2.75, 3.05) is 11.9 Å². The number of rotatable bonds is 6. The Morgan fingerprint density at radius 3 is 2.83 bits per heavy atom. The summed E-state index contributed by atoms with van der Waals surface area (Å²) in [5, 5.41) is 11.4. The lowest BCUT2D eigenvalue weighted by molar-refractivity contribution is -0.108. The van der Waals surface area contributed by atoms with Gasteiger partial charge in [-0.2, -0.15) is 10.1 Å². The van der Waals surface area contributed by atoms with Gasteiger partial charge in [-0.3, -0.25) is 4.79 Å². The number of aromatic amines is 1. The number of carbonyl (C=O) groups is 1. The molecule has 4 aromatic heterocycles. The monoisotopic (exact) mass is 479 g/mol. The molecule has 2 saturated carbocycles. The van der Waals surface area contributed by atoms with E-state index in [-0.39, 0.29) is 31.2 Å². The molecule has 182 valence electrons. The normalized spacial score (nSPS) is 18.6. The summed E-state index contributed by atoms with van der Waals surface area (Å²) < 4.78 is 27.8. The first kappa shape index (κ1) is 21.9. The molecule has 0 radical (unpaired) electrons. The highest BCUT2D eigenvalue weighted by atomic mass is 19.3. The number of amides is 1. The van der Waals surface area contributed by atoms with E-state index in [0.29, 0.717) is 23.1 Å². The Balaban J connectivity index is 1.22. The standard InChI is InChI=1S/C25H27F2N7O/c26-25(27)9-15(10-25)11-29-23(35)20-14-31-34-7-6-16(8-21(20)34)18-12-28-22-19(18)13-30-24(33-22)32-17-4-2-1-3-5-17/h6-8,12-15,17H,1-5,9-11H2,(H,29,35)(H2,28,30,32,33). The number of nitrogens with zero attached hydrogens (tertiary/aromatic N) is 4. The van der Waals surface area contributed by atoms with Crippen molar-refractivity contribution in [3.8, 4) is 11.1 Å². The van der Waals surface area contributed by atoms with Gasteiger partial charge in [0.15, 0.2) is 0 Å². The summed E-state index contributed by atoms with van der Waals surface area (Å²) in [5.41, 5.74) is 3.62. The molecule has 0 aromatic carbocycles. The number of H-pyrrole nitrogens is 1. The van der Waals surface area contributed by atoms with E-state index >= 15 is 0 Å². The Morgan fingerprint density at radius 1 is 1.20 bits per heavy atom. The minimum atomic E-state index is -2.59. The van der Waals surface area contributed by atoms with Crippen LogP contribution in [0.5, 0.6) is 0 Å². The van der Waals surface area contributed by atoms with Crippen LogP contribution in [-0.2, 0) is 0 Å². The lowest BCUT2D eigenvalue weighted by atomic mass is 9.81. The number of hydrogen-bond donors (Lipinski definition) is 3. The molecule has 0 unspecified atom stereocenters. The van der Waals surface area contributed by atoms with E-state index in [1.165, 1.54) is 25.5 Å². The van der Waals surface area contributed by atoms with Crippen LogP contribution in [0.1, 0.15) is 55.3 Å². The fourth-order valence-electron chi connectivity index (χ4n) is 5.23. The van der Waals surface area contributed by atoms with Gasteiger partial charge in [0, 0.05) is 55.0 Å². The fraction of sp³-hybridized carbons (Fsp3) is 0.440. The van der Waals surface area contributed by atoms with Crippen LogP contribution in [0.4, 0.5) is 14.7 Å². The third-order valence-corrected chi connectivity index (χ3v) is 7.17. The Bertz CT molecular complexity index is 1380. The van der Waals surface area contributed by atoms with Crippen molar-refractivity contribution in [3.63, 3.8) is 0 Å². The number of halogens is 2. The van der Waals surface area contributed by atoms with Gasteiger partial charge in [-0.25, -0.2) is 18.3 Å². The molecular formula is C25H27F2N7O. The number of anilines is 1. The molecule has 3 N–H and O–H groups in total. The fourth-order valence-corrected chi connectivity index (χ4v) is 5.23. The van der Waals surface area contributed by atoms with Gasteiger partial charge in [-0.1, -0.05) is 19.3 Å². The number of alkyl halides is 2. The number of pyridine rings is 1. The van der Waals surface area contributed by atoms with Crippen LogP contribution in [-0.4, -0.2) is 49.0 Å². The van der Waals surface area contributed by atoms with Crippen LogP contribution >= 0.6 is 0 Å². The second-order valence-corrected chi connectivity index (χ2v) is 9.78. The number of fused-ring (bicyclic) bond motifs is 2.